The molecule has 2 bridgehead atoms. The van der Waals surface area contributed by atoms with Gasteiger partial charge >= 0.3 is 0 Å². The molecule has 0 aromatic rings. The SMILES string of the molecule is CC(C)C1OCC[C@]2(C[C@H]3CC[C@]2(C)C3(C)C)O1. The summed E-state index contributed by atoms with van der Waals surface area (Å²) in [5.41, 5.74) is 0.847. The van der Waals surface area contributed by atoms with Crippen molar-refractivity contribution in [1.82, 2.24) is 0 Å². The highest BCUT2D eigenvalue weighted by atomic mass is 16.7. The summed E-state index contributed by atoms with van der Waals surface area (Å²) < 4.78 is 12.4. The second-order valence-electron chi connectivity index (χ2n) is 7.84. The molecule has 1 heterocycles. The molecule has 0 aromatic heterocycles. The monoisotopic (exact) mass is 252 g/mol. The van der Waals surface area contributed by atoms with Gasteiger partial charge in [-0.1, -0.05) is 34.6 Å². The Hall–Kier alpha value is -0.0800. The van der Waals surface area contributed by atoms with Crippen LogP contribution in [0.2, 0.25) is 0 Å². The first kappa shape index (κ1) is 12.9. The van der Waals surface area contributed by atoms with Crippen molar-refractivity contribution in [3.8, 4) is 0 Å². The molecule has 3 aliphatic rings. The summed E-state index contributed by atoms with van der Waals surface area (Å²) in [4.78, 5) is 0. The molecule has 0 N–H and O–H groups in total. The van der Waals surface area contributed by atoms with Crippen LogP contribution in [0.4, 0.5) is 0 Å². The molecule has 2 saturated carbocycles. The van der Waals surface area contributed by atoms with Crippen LogP contribution in [0.3, 0.4) is 0 Å². The van der Waals surface area contributed by atoms with Crippen molar-refractivity contribution in [3.05, 3.63) is 0 Å². The van der Waals surface area contributed by atoms with Gasteiger partial charge in [-0.25, -0.2) is 0 Å². The molecule has 1 aliphatic heterocycles. The summed E-state index contributed by atoms with van der Waals surface area (Å²) in [7, 11) is 0. The van der Waals surface area contributed by atoms with E-state index in [4.69, 9.17) is 9.47 Å². The molecule has 2 aliphatic carbocycles. The molecule has 1 unspecified atom stereocenters. The van der Waals surface area contributed by atoms with Crippen LogP contribution in [0.1, 0.15) is 60.3 Å². The van der Waals surface area contributed by atoms with Gasteiger partial charge in [-0.3, -0.25) is 0 Å². The lowest BCUT2D eigenvalue weighted by atomic mass is 9.63. The van der Waals surface area contributed by atoms with Gasteiger partial charge in [0.15, 0.2) is 6.29 Å². The van der Waals surface area contributed by atoms with Gasteiger partial charge in [0.05, 0.1) is 12.2 Å². The molecule has 3 fully saturated rings. The van der Waals surface area contributed by atoms with E-state index in [0.717, 1.165) is 18.9 Å². The van der Waals surface area contributed by atoms with E-state index < -0.39 is 0 Å². The number of ether oxygens (including phenoxy) is 2. The van der Waals surface area contributed by atoms with Gasteiger partial charge in [-0.15, -0.1) is 0 Å². The van der Waals surface area contributed by atoms with Crippen molar-refractivity contribution < 1.29 is 9.47 Å². The molecule has 4 atom stereocenters. The zero-order valence-electron chi connectivity index (χ0n) is 12.6. The maximum Gasteiger partial charge on any atom is 0.160 e. The van der Waals surface area contributed by atoms with Crippen LogP contribution < -0.4 is 0 Å². The van der Waals surface area contributed by atoms with Crippen LogP contribution in [0, 0.1) is 22.7 Å². The molecule has 18 heavy (non-hydrogen) atoms. The average molecular weight is 252 g/mol. The van der Waals surface area contributed by atoms with E-state index in [1.54, 1.807) is 0 Å². The third-order valence-electron chi connectivity index (χ3n) is 6.69. The Morgan fingerprint density at radius 1 is 1.11 bits per heavy atom. The Morgan fingerprint density at radius 3 is 2.33 bits per heavy atom. The average Bonchev–Trinajstić information content (AvgIpc) is 2.61. The van der Waals surface area contributed by atoms with Crippen LogP contribution in [0.15, 0.2) is 0 Å². The highest BCUT2D eigenvalue weighted by Gasteiger charge is 2.70. The number of hydrogen-bond acceptors (Lipinski definition) is 2. The molecule has 1 saturated heterocycles. The predicted octanol–water partition coefficient (Wildman–Crippen LogP) is 3.99. The van der Waals surface area contributed by atoms with Crippen LogP contribution in [-0.4, -0.2) is 18.5 Å². The first-order valence-electron chi connectivity index (χ1n) is 7.62. The van der Waals surface area contributed by atoms with E-state index in [-0.39, 0.29) is 11.9 Å². The zero-order valence-corrected chi connectivity index (χ0v) is 12.6. The topological polar surface area (TPSA) is 18.5 Å². The van der Waals surface area contributed by atoms with Crippen molar-refractivity contribution in [2.75, 3.05) is 6.61 Å². The summed E-state index contributed by atoms with van der Waals surface area (Å²) in [5, 5.41) is 0. The summed E-state index contributed by atoms with van der Waals surface area (Å²) >= 11 is 0. The molecule has 2 nitrogen and oxygen atoms in total. The fraction of sp³-hybridized carbons (Fsp3) is 1.00. The van der Waals surface area contributed by atoms with Crippen LogP contribution >= 0.6 is 0 Å². The third-order valence-corrected chi connectivity index (χ3v) is 6.69. The number of hydrogen-bond donors (Lipinski definition) is 0. The lowest BCUT2D eigenvalue weighted by Crippen LogP contribution is -2.55. The second-order valence-corrected chi connectivity index (χ2v) is 7.84. The van der Waals surface area contributed by atoms with E-state index >= 15 is 0 Å². The van der Waals surface area contributed by atoms with Crippen molar-refractivity contribution in [2.45, 2.75) is 72.2 Å². The third kappa shape index (κ3) is 1.37. The highest BCUT2D eigenvalue weighted by Crippen LogP contribution is 2.72. The molecule has 1 spiro atoms. The largest absolute Gasteiger partial charge is 0.352 e. The van der Waals surface area contributed by atoms with Gasteiger partial charge in [-0.2, -0.15) is 0 Å². The summed E-state index contributed by atoms with van der Waals surface area (Å²) in [5.74, 6) is 1.29. The number of rotatable bonds is 1. The molecular weight excluding hydrogens is 224 g/mol. The van der Waals surface area contributed by atoms with Crippen molar-refractivity contribution in [1.29, 1.82) is 0 Å². The lowest BCUT2D eigenvalue weighted by molar-refractivity contribution is -0.304. The van der Waals surface area contributed by atoms with Gasteiger partial charge in [-0.05, 0) is 30.6 Å². The Balaban J connectivity index is 1.93. The minimum absolute atomic E-state index is 0.00530. The summed E-state index contributed by atoms with van der Waals surface area (Å²) in [6, 6.07) is 0. The van der Waals surface area contributed by atoms with E-state index in [1.807, 2.05) is 0 Å². The van der Waals surface area contributed by atoms with Crippen LogP contribution in [0.5, 0.6) is 0 Å². The van der Waals surface area contributed by atoms with Gasteiger partial charge in [0.1, 0.15) is 0 Å². The van der Waals surface area contributed by atoms with E-state index in [0.29, 0.717) is 16.7 Å². The standard InChI is InChI=1S/C16H28O2/c1-11(2)13-17-9-8-16(18-13)10-12-6-7-15(16,5)14(12,3)4/h11-13H,6-10H2,1-5H3/t12-,13?,15-,16-/m1/s1. The molecule has 104 valence electrons. The maximum absolute atomic E-state index is 6.55. The Bertz CT molecular complexity index is 349. The fourth-order valence-electron chi connectivity index (χ4n) is 4.93. The fourth-order valence-corrected chi connectivity index (χ4v) is 4.93. The minimum Gasteiger partial charge on any atom is -0.352 e. The number of fused-ring (bicyclic) bond motifs is 3. The van der Waals surface area contributed by atoms with Crippen molar-refractivity contribution in [3.63, 3.8) is 0 Å². The molecule has 0 amide bonds. The van der Waals surface area contributed by atoms with E-state index in [2.05, 4.69) is 34.6 Å². The molecule has 0 aromatic carbocycles. The quantitative estimate of drug-likeness (QED) is 0.702. The first-order valence-corrected chi connectivity index (χ1v) is 7.62. The Morgan fingerprint density at radius 2 is 1.83 bits per heavy atom. The summed E-state index contributed by atoms with van der Waals surface area (Å²) in [6.07, 6.45) is 5.07. The maximum atomic E-state index is 6.55. The van der Waals surface area contributed by atoms with Crippen molar-refractivity contribution >= 4 is 0 Å². The Kier molecular flexibility index (Phi) is 2.68. The first-order chi connectivity index (χ1) is 8.32. The molecular formula is C16H28O2. The van der Waals surface area contributed by atoms with Gasteiger partial charge in [0, 0.05) is 17.8 Å². The minimum atomic E-state index is 0.00530. The van der Waals surface area contributed by atoms with E-state index in [1.165, 1.54) is 19.3 Å². The van der Waals surface area contributed by atoms with Crippen LogP contribution in [0.25, 0.3) is 0 Å². The van der Waals surface area contributed by atoms with Gasteiger partial charge in [0.2, 0.25) is 0 Å². The van der Waals surface area contributed by atoms with Crippen molar-refractivity contribution in [2.24, 2.45) is 22.7 Å². The normalized spacial score (nSPS) is 50.3. The van der Waals surface area contributed by atoms with Gasteiger partial charge in [0.25, 0.3) is 0 Å². The summed E-state index contributed by atoms with van der Waals surface area (Å²) in [6.45, 7) is 12.7. The zero-order chi connectivity index (χ0) is 13.2. The second kappa shape index (κ2) is 3.73. The predicted molar refractivity (Wildman–Crippen MR) is 72.2 cm³/mol. The molecule has 0 radical (unpaired) electrons. The van der Waals surface area contributed by atoms with Crippen LogP contribution in [-0.2, 0) is 9.47 Å². The molecule has 3 rings (SSSR count). The smallest absolute Gasteiger partial charge is 0.160 e. The highest BCUT2D eigenvalue weighted by molar-refractivity contribution is 5.19. The Labute approximate surface area is 111 Å². The van der Waals surface area contributed by atoms with E-state index in [9.17, 15) is 0 Å². The molecule has 2 heteroatoms. The lowest BCUT2D eigenvalue weighted by Gasteiger charge is -2.52. The van der Waals surface area contributed by atoms with Gasteiger partial charge < -0.3 is 9.47 Å².